The van der Waals surface area contributed by atoms with Crippen molar-refractivity contribution in [3.63, 3.8) is 0 Å². The fourth-order valence-electron chi connectivity index (χ4n) is 3.19. The van der Waals surface area contributed by atoms with E-state index in [9.17, 15) is 14.4 Å². The lowest BCUT2D eigenvalue weighted by Gasteiger charge is -2.16. The summed E-state index contributed by atoms with van der Waals surface area (Å²) in [6.07, 6.45) is 2.09. The van der Waals surface area contributed by atoms with Gasteiger partial charge in [0.1, 0.15) is 23.2 Å². The molecule has 0 aliphatic rings. The van der Waals surface area contributed by atoms with Crippen LogP contribution in [0.2, 0.25) is 0 Å². The summed E-state index contributed by atoms with van der Waals surface area (Å²) >= 11 is 1.30. The van der Waals surface area contributed by atoms with Crippen LogP contribution >= 0.6 is 11.3 Å². The molecular weight excluding hydrogens is 392 g/mol. The maximum absolute atomic E-state index is 12.6. The van der Waals surface area contributed by atoms with E-state index in [4.69, 9.17) is 4.74 Å². The average Bonchev–Trinajstić information content (AvgIpc) is 3.33. The maximum atomic E-state index is 12.6. The van der Waals surface area contributed by atoms with Crippen molar-refractivity contribution >= 4 is 44.3 Å². The lowest BCUT2D eigenvalue weighted by atomic mass is 10.0. The predicted molar refractivity (Wildman–Crippen MR) is 110 cm³/mol. The molecule has 0 aliphatic carbocycles. The van der Waals surface area contributed by atoms with Gasteiger partial charge in [0.25, 0.3) is 5.56 Å². The molecule has 0 bridgehead atoms. The molecule has 3 N–H and O–H groups in total. The van der Waals surface area contributed by atoms with E-state index < -0.39 is 12.0 Å². The molecule has 0 radical (unpaired) electrons. The lowest BCUT2D eigenvalue weighted by molar-refractivity contribution is -0.149. The van der Waals surface area contributed by atoms with Gasteiger partial charge in [-0.25, -0.2) is 9.78 Å². The Kier molecular flexibility index (Phi) is 5.13. The van der Waals surface area contributed by atoms with Crippen LogP contribution in [0.1, 0.15) is 18.3 Å². The Bertz CT molecular complexity index is 1260. The van der Waals surface area contributed by atoms with Gasteiger partial charge in [-0.2, -0.15) is 0 Å². The largest absolute Gasteiger partial charge is 0.456 e. The number of nitrogens with one attached hydrogen (secondary N) is 3. The van der Waals surface area contributed by atoms with Gasteiger partial charge in [0.05, 0.1) is 5.52 Å². The zero-order valence-electron chi connectivity index (χ0n) is 15.5. The highest BCUT2D eigenvalue weighted by Gasteiger charge is 2.23. The number of H-pyrrole nitrogens is 2. The van der Waals surface area contributed by atoms with Gasteiger partial charge in [0.15, 0.2) is 0 Å². The molecule has 3 aromatic heterocycles. The molecule has 1 atom stereocenters. The van der Waals surface area contributed by atoms with Crippen LogP contribution in [0, 0.1) is 0 Å². The van der Waals surface area contributed by atoms with E-state index in [2.05, 4.69) is 20.3 Å². The summed E-state index contributed by atoms with van der Waals surface area (Å²) in [6.45, 7) is 1.16. The van der Waals surface area contributed by atoms with E-state index in [1.165, 1.54) is 18.3 Å². The monoisotopic (exact) mass is 410 g/mol. The van der Waals surface area contributed by atoms with E-state index in [0.29, 0.717) is 10.2 Å². The minimum atomic E-state index is -0.858. The molecule has 1 amide bonds. The summed E-state index contributed by atoms with van der Waals surface area (Å²) in [6, 6.07) is 8.59. The number of thiophene rings is 1. The normalized spacial score (nSPS) is 12.2. The van der Waals surface area contributed by atoms with Gasteiger partial charge in [0, 0.05) is 30.4 Å². The molecule has 4 aromatic rings. The van der Waals surface area contributed by atoms with E-state index in [1.54, 1.807) is 11.4 Å². The smallest absolute Gasteiger partial charge is 0.329 e. The van der Waals surface area contributed by atoms with Crippen LogP contribution in [0.3, 0.4) is 0 Å². The second-order valence-electron chi connectivity index (χ2n) is 6.57. The number of nitrogens with zero attached hydrogens (tertiary/aromatic N) is 1. The summed E-state index contributed by atoms with van der Waals surface area (Å²) in [5.74, 6) is -0.681. The summed E-state index contributed by atoms with van der Waals surface area (Å²) in [7, 11) is 0. The Hall–Kier alpha value is -3.46. The van der Waals surface area contributed by atoms with Gasteiger partial charge in [-0.3, -0.25) is 9.59 Å². The van der Waals surface area contributed by atoms with E-state index in [-0.39, 0.29) is 30.3 Å². The molecule has 4 rings (SSSR count). The number of aromatic amines is 2. The molecule has 0 aliphatic heterocycles. The fraction of sp³-hybridized carbons (Fsp3) is 0.200. The van der Waals surface area contributed by atoms with Crippen molar-refractivity contribution in [2.45, 2.75) is 26.0 Å². The van der Waals surface area contributed by atoms with Crippen molar-refractivity contribution in [2.24, 2.45) is 0 Å². The second kappa shape index (κ2) is 7.88. The molecule has 8 nitrogen and oxygen atoms in total. The van der Waals surface area contributed by atoms with Crippen molar-refractivity contribution < 1.29 is 14.3 Å². The van der Waals surface area contributed by atoms with Gasteiger partial charge in [-0.1, -0.05) is 18.2 Å². The minimum Gasteiger partial charge on any atom is -0.456 e. The molecule has 9 heteroatoms. The van der Waals surface area contributed by atoms with Crippen LogP contribution in [0.5, 0.6) is 0 Å². The highest BCUT2D eigenvalue weighted by molar-refractivity contribution is 7.17. The third-order valence-corrected chi connectivity index (χ3v) is 5.38. The Morgan fingerprint density at radius 1 is 1.28 bits per heavy atom. The van der Waals surface area contributed by atoms with Crippen molar-refractivity contribution in [1.29, 1.82) is 0 Å². The number of esters is 1. The molecule has 1 unspecified atom stereocenters. The minimum absolute atomic E-state index is 0.191. The van der Waals surface area contributed by atoms with Crippen molar-refractivity contribution in [3.8, 4) is 0 Å². The van der Waals surface area contributed by atoms with E-state index in [1.807, 2.05) is 30.5 Å². The Balaban J connectivity index is 1.50. The molecular formula is C20H18N4O4S. The van der Waals surface area contributed by atoms with Gasteiger partial charge >= 0.3 is 5.97 Å². The number of hydrogen-bond acceptors (Lipinski definition) is 6. The number of carbonyl (C=O) groups excluding carboxylic acids is 2. The standard InChI is InChI=1S/C20H18N4O4S/c1-11(25)22-16(8-12-9-21-14-5-3-2-4-13(12)14)20(27)28-10-17-23-15-6-7-29-18(15)19(26)24-17/h2-7,9,16,21H,8,10H2,1H3,(H,22,25)(H,23,24,26). The SMILES string of the molecule is CC(=O)NC(Cc1c[nH]c2ccccc12)C(=O)OCc1nc2ccsc2c(=O)[nH]1. The zero-order chi connectivity index (χ0) is 20.4. The van der Waals surface area contributed by atoms with Crippen molar-refractivity contribution in [1.82, 2.24) is 20.3 Å². The first kappa shape index (κ1) is 18.9. The molecule has 3 heterocycles. The quantitative estimate of drug-likeness (QED) is 0.422. The van der Waals surface area contributed by atoms with E-state index >= 15 is 0 Å². The lowest BCUT2D eigenvalue weighted by Crippen LogP contribution is -2.42. The number of carbonyl (C=O) groups is 2. The molecule has 1 aromatic carbocycles. The second-order valence-corrected chi connectivity index (χ2v) is 7.49. The summed E-state index contributed by atoms with van der Waals surface area (Å²) in [5.41, 5.74) is 2.13. The van der Waals surface area contributed by atoms with Crippen LogP contribution in [0.15, 0.2) is 46.7 Å². The Morgan fingerprint density at radius 2 is 2.10 bits per heavy atom. The number of ether oxygens (including phenoxy) is 1. The van der Waals surface area contributed by atoms with Crippen LogP contribution in [0.25, 0.3) is 21.1 Å². The maximum Gasteiger partial charge on any atom is 0.329 e. The van der Waals surface area contributed by atoms with Crippen LogP contribution in [-0.2, 0) is 27.4 Å². The topological polar surface area (TPSA) is 117 Å². The predicted octanol–water partition coefficient (Wildman–Crippen LogP) is 2.26. The first-order chi connectivity index (χ1) is 14.0. The molecule has 0 fully saturated rings. The van der Waals surface area contributed by atoms with Crippen molar-refractivity contribution in [3.05, 3.63) is 63.7 Å². The summed E-state index contributed by atoms with van der Waals surface area (Å²) < 4.78 is 5.86. The first-order valence-corrected chi connectivity index (χ1v) is 9.84. The summed E-state index contributed by atoms with van der Waals surface area (Å²) in [4.78, 5) is 46.3. The molecule has 148 valence electrons. The number of benzene rings is 1. The Labute approximate surface area is 168 Å². The van der Waals surface area contributed by atoms with Gasteiger partial charge < -0.3 is 20.0 Å². The van der Waals surface area contributed by atoms with Gasteiger partial charge in [0.2, 0.25) is 5.91 Å². The number of hydrogen-bond donors (Lipinski definition) is 3. The van der Waals surface area contributed by atoms with Gasteiger partial charge in [-0.15, -0.1) is 11.3 Å². The molecule has 0 saturated heterocycles. The Morgan fingerprint density at radius 3 is 2.93 bits per heavy atom. The third-order valence-electron chi connectivity index (χ3n) is 4.48. The van der Waals surface area contributed by atoms with Gasteiger partial charge in [-0.05, 0) is 23.1 Å². The number of aromatic nitrogens is 3. The average molecular weight is 410 g/mol. The zero-order valence-corrected chi connectivity index (χ0v) is 16.3. The first-order valence-electron chi connectivity index (χ1n) is 8.96. The van der Waals surface area contributed by atoms with Crippen LogP contribution < -0.4 is 10.9 Å². The molecule has 0 saturated carbocycles. The highest BCUT2D eigenvalue weighted by Crippen LogP contribution is 2.19. The fourth-order valence-corrected chi connectivity index (χ4v) is 3.91. The number of fused-ring (bicyclic) bond motifs is 2. The molecule has 29 heavy (non-hydrogen) atoms. The number of para-hydroxylation sites is 1. The van der Waals surface area contributed by atoms with E-state index in [0.717, 1.165) is 16.5 Å². The molecule has 0 spiro atoms. The summed E-state index contributed by atoms with van der Waals surface area (Å²) in [5, 5.41) is 5.39. The van der Waals surface area contributed by atoms with Crippen LogP contribution in [0.4, 0.5) is 0 Å². The number of rotatable bonds is 6. The van der Waals surface area contributed by atoms with Crippen LogP contribution in [-0.4, -0.2) is 32.9 Å². The number of amides is 1. The van der Waals surface area contributed by atoms with Crippen molar-refractivity contribution in [2.75, 3.05) is 0 Å². The third kappa shape index (κ3) is 4.04. The highest BCUT2D eigenvalue weighted by atomic mass is 32.1.